The molecule has 2 nitrogen and oxygen atoms in total. The molecule has 4 heteroatoms. The van der Waals surface area contributed by atoms with Crippen LogP contribution in [0.3, 0.4) is 0 Å². The first kappa shape index (κ1) is 13.3. The van der Waals surface area contributed by atoms with Crippen molar-refractivity contribution in [3.63, 3.8) is 0 Å². The van der Waals surface area contributed by atoms with Crippen molar-refractivity contribution in [1.29, 1.82) is 0 Å². The van der Waals surface area contributed by atoms with Crippen LogP contribution in [0.1, 0.15) is 18.9 Å². The Labute approximate surface area is 100 Å². The molecule has 16 heavy (non-hydrogen) atoms. The topological polar surface area (TPSA) is 18.5 Å². The van der Waals surface area contributed by atoms with Crippen LogP contribution < -0.4 is 4.74 Å². The first-order valence-electron chi connectivity index (χ1n) is 5.33. The molecule has 1 aromatic rings. The molecule has 0 aliphatic heterocycles. The molecule has 90 valence electrons. The highest BCUT2D eigenvalue weighted by molar-refractivity contribution is 6.17. The highest BCUT2D eigenvalue weighted by Gasteiger charge is 2.04. The van der Waals surface area contributed by atoms with Crippen LogP contribution in [0.2, 0.25) is 0 Å². The standard InChI is InChI=1S/C12H16ClFO2/c1-2-5-15-6-7-16-12-4-3-11(14)8-10(12)9-13/h3-4,8H,2,5-7,9H2,1H3. The molecule has 0 heterocycles. The third kappa shape index (κ3) is 4.37. The van der Waals surface area contributed by atoms with Gasteiger partial charge >= 0.3 is 0 Å². The van der Waals surface area contributed by atoms with Crippen molar-refractivity contribution >= 4 is 11.6 Å². The normalized spacial score (nSPS) is 10.4. The van der Waals surface area contributed by atoms with Crippen molar-refractivity contribution in [2.45, 2.75) is 19.2 Å². The van der Waals surface area contributed by atoms with Gasteiger partial charge in [-0.1, -0.05) is 6.92 Å². The summed E-state index contributed by atoms with van der Waals surface area (Å²) in [6.07, 6.45) is 0.990. The third-order valence-electron chi connectivity index (χ3n) is 2.00. The van der Waals surface area contributed by atoms with E-state index in [1.54, 1.807) is 6.07 Å². The lowest BCUT2D eigenvalue weighted by Crippen LogP contribution is -2.08. The Hall–Kier alpha value is -0.800. The summed E-state index contributed by atoms with van der Waals surface area (Å²) in [5.74, 6) is 0.560. The predicted octanol–water partition coefficient (Wildman–Crippen LogP) is 3.37. The highest BCUT2D eigenvalue weighted by atomic mass is 35.5. The number of alkyl halides is 1. The van der Waals surface area contributed by atoms with Crippen molar-refractivity contribution < 1.29 is 13.9 Å². The Morgan fingerprint density at radius 3 is 2.75 bits per heavy atom. The van der Waals surface area contributed by atoms with Crippen LogP contribution in [-0.4, -0.2) is 19.8 Å². The maximum absolute atomic E-state index is 12.9. The van der Waals surface area contributed by atoms with E-state index in [1.165, 1.54) is 12.1 Å². The average Bonchev–Trinajstić information content (AvgIpc) is 2.30. The minimum atomic E-state index is -0.301. The molecule has 0 bridgehead atoms. The van der Waals surface area contributed by atoms with Gasteiger partial charge in [0.25, 0.3) is 0 Å². The first-order chi connectivity index (χ1) is 7.77. The number of hydrogen-bond acceptors (Lipinski definition) is 2. The fourth-order valence-corrected chi connectivity index (χ4v) is 1.46. The summed E-state index contributed by atoms with van der Waals surface area (Å²) < 4.78 is 23.6. The van der Waals surface area contributed by atoms with Gasteiger partial charge in [-0.05, 0) is 24.6 Å². The average molecular weight is 247 g/mol. The number of ether oxygens (including phenoxy) is 2. The van der Waals surface area contributed by atoms with Crippen molar-refractivity contribution in [2.75, 3.05) is 19.8 Å². The second-order valence-corrected chi connectivity index (χ2v) is 3.61. The molecule has 0 radical (unpaired) electrons. The number of benzene rings is 1. The Kier molecular flexibility index (Phi) is 6.19. The van der Waals surface area contributed by atoms with E-state index in [9.17, 15) is 4.39 Å². The van der Waals surface area contributed by atoms with Crippen molar-refractivity contribution in [1.82, 2.24) is 0 Å². The van der Waals surface area contributed by atoms with E-state index in [4.69, 9.17) is 21.1 Å². The predicted molar refractivity (Wildman–Crippen MR) is 62.6 cm³/mol. The SMILES string of the molecule is CCCOCCOc1ccc(F)cc1CCl. The van der Waals surface area contributed by atoms with Gasteiger partial charge in [-0.15, -0.1) is 11.6 Å². The Bertz CT molecular complexity index is 318. The maximum atomic E-state index is 12.9. The fourth-order valence-electron chi connectivity index (χ4n) is 1.25. The summed E-state index contributed by atoms with van der Waals surface area (Å²) in [5, 5.41) is 0. The molecule has 1 aromatic carbocycles. The molecule has 0 saturated heterocycles. The zero-order valence-electron chi connectivity index (χ0n) is 9.34. The second kappa shape index (κ2) is 7.47. The van der Waals surface area contributed by atoms with Gasteiger partial charge < -0.3 is 9.47 Å². The van der Waals surface area contributed by atoms with Gasteiger partial charge in [0.1, 0.15) is 18.2 Å². The molecule has 0 amide bonds. The zero-order valence-corrected chi connectivity index (χ0v) is 10.1. The molecule has 0 N–H and O–H groups in total. The monoisotopic (exact) mass is 246 g/mol. The van der Waals surface area contributed by atoms with Gasteiger partial charge in [-0.2, -0.15) is 0 Å². The lowest BCUT2D eigenvalue weighted by atomic mass is 10.2. The van der Waals surface area contributed by atoms with Crippen molar-refractivity contribution in [3.8, 4) is 5.75 Å². The molecule has 0 aromatic heterocycles. The van der Waals surface area contributed by atoms with E-state index >= 15 is 0 Å². The maximum Gasteiger partial charge on any atom is 0.124 e. The van der Waals surface area contributed by atoms with E-state index < -0.39 is 0 Å². The summed E-state index contributed by atoms with van der Waals surface area (Å²) in [4.78, 5) is 0. The number of rotatable bonds is 7. The molecule has 0 spiro atoms. The number of hydrogen-bond donors (Lipinski definition) is 0. The summed E-state index contributed by atoms with van der Waals surface area (Å²) in [7, 11) is 0. The minimum absolute atomic E-state index is 0.239. The summed E-state index contributed by atoms with van der Waals surface area (Å²) in [6.45, 7) is 3.77. The van der Waals surface area contributed by atoms with Crippen LogP contribution >= 0.6 is 11.6 Å². The molecule has 0 unspecified atom stereocenters. The van der Waals surface area contributed by atoms with Crippen LogP contribution in [0.4, 0.5) is 4.39 Å². The molecule has 0 saturated carbocycles. The second-order valence-electron chi connectivity index (χ2n) is 3.35. The largest absolute Gasteiger partial charge is 0.491 e. The first-order valence-corrected chi connectivity index (χ1v) is 5.86. The molecular weight excluding hydrogens is 231 g/mol. The lowest BCUT2D eigenvalue weighted by molar-refractivity contribution is 0.100. The van der Waals surface area contributed by atoms with Gasteiger partial charge in [-0.3, -0.25) is 0 Å². The Morgan fingerprint density at radius 1 is 1.25 bits per heavy atom. The van der Waals surface area contributed by atoms with Crippen LogP contribution in [0.15, 0.2) is 18.2 Å². The smallest absolute Gasteiger partial charge is 0.124 e. The summed E-state index contributed by atoms with van der Waals surface area (Å²) >= 11 is 5.69. The quantitative estimate of drug-likeness (QED) is 0.543. The summed E-state index contributed by atoms with van der Waals surface area (Å²) in [5.41, 5.74) is 0.664. The molecular formula is C12H16ClFO2. The molecule has 1 rings (SSSR count). The van der Waals surface area contributed by atoms with E-state index in [-0.39, 0.29) is 11.7 Å². The van der Waals surface area contributed by atoms with Gasteiger partial charge in [0.15, 0.2) is 0 Å². The minimum Gasteiger partial charge on any atom is -0.491 e. The van der Waals surface area contributed by atoms with Crippen LogP contribution in [0, 0.1) is 5.82 Å². The zero-order chi connectivity index (χ0) is 11.8. The Balaban J connectivity index is 2.41. The van der Waals surface area contributed by atoms with Crippen LogP contribution in [-0.2, 0) is 10.6 Å². The molecule has 0 fully saturated rings. The highest BCUT2D eigenvalue weighted by Crippen LogP contribution is 2.21. The molecule has 0 aliphatic carbocycles. The van der Waals surface area contributed by atoms with E-state index in [0.29, 0.717) is 24.5 Å². The van der Waals surface area contributed by atoms with Crippen LogP contribution in [0.25, 0.3) is 0 Å². The van der Waals surface area contributed by atoms with Crippen LogP contribution in [0.5, 0.6) is 5.75 Å². The molecule has 0 aliphatic rings. The van der Waals surface area contributed by atoms with Gasteiger partial charge in [0, 0.05) is 12.2 Å². The van der Waals surface area contributed by atoms with E-state index in [2.05, 4.69) is 0 Å². The lowest BCUT2D eigenvalue weighted by Gasteiger charge is -2.10. The van der Waals surface area contributed by atoms with Gasteiger partial charge in [0.05, 0.1) is 12.5 Å². The van der Waals surface area contributed by atoms with Gasteiger partial charge in [0.2, 0.25) is 0 Å². The fraction of sp³-hybridized carbons (Fsp3) is 0.500. The molecule has 0 atom stereocenters. The Morgan fingerprint density at radius 2 is 2.06 bits per heavy atom. The van der Waals surface area contributed by atoms with E-state index in [0.717, 1.165) is 13.0 Å². The number of halogens is 2. The summed E-state index contributed by atoms with van der Waals surface area (Å²) in [6, 6.07) is 4.33. The van der Waals surface area contributed by atoms with E-state index in [1.807, 2.05) is 6.92 Å². The van der Waals surface area contributed by atoms with Crippen molar-refractivity contribution in [3.05, 3.63) is 29.6 Å². The van der Waals surface area contributed by atoms with Gasteiger partial charge in [-0.25, -0.2) is 4.39 Å². The third-order valence-corrected chi connectivity index (χ3v) is 2.29. The van der Waals surface area contributed by atoms with Crippen molar-refractivity contribution in [2.24, 2.45) is 0 Å².